The van der Waals surface area contributed by atoms with Gasteiger partial charge in [0, 0.05) is 6.54 Å². The molecule has 0 aliphatic heterocycles. The van der Waals surface area contributed by atoms with E-state index >= 15 is 0 Å². The summed E-state index contributed by atoms with van der Waals surface area (Å²) >= 11 is 1.55. The second-order valence-corrected chi connectivity index (χ2v) is 4.83. The van der Waals surface area contributed by atoms with Crippen LogP contribution in [-0.4, -0.2) is 29.6 Å². The van der Waals surface area contributed by atoms with Gasteiger partial charge >= 0.3 is 5.97 Å². The fourth-order valence-corrected chi connectivity index (χ4v) is 2.30. The van der Waals surface area contributed by atoms with Crippen molar-refractivity contribution in [2.24, 2.45) is 5.73 Å². The van der Waals surface area contributed by atoms with Crippen molar-refractivity contribution in [3.8, 4) is 0 Å². The average Bonchev–Trinajstić information content (AvgIpc) is 2.30. The van der Waals surface area contributed by atoms with Gasteiger partial charge in [0.2, 0.25) is 0 Å². The summed E-state index contributed by atoms with van der Waals surface area (Å²) in [5, 5.41) is 9.38. The van der Waals surface area contributed by atoms with Crippen LogP contribution in [0.2, 0.25) is 0 Å². The van der Waals surface area contributed by atoms with Gasteiger partial charge in [0.05, 0.1) is 0 Å². The Balaban J connectivity index is 3.16. The number of carbonyl (C=O) groups is 1. The number of hydrogen-bond acceptors (Lipinski definition) is 3. The summed E-state index contributed by atoms with van der Waals surface area (Å²) in [6.07, 6.45) is 2.29. The van der Waals surface area contributed by atoms with Gasteiger partial charge in [-0.15, -0.1) is 0 Å². The Kier molecular flexibility index (Phi) is 4.96. The first-order valence-corrected chi connectivity index (χ1v) is 6.64. The van der Waals surface area contributed by atoms with E-state index in [2.05, 4.69) is 0 Å². The van der Waals surface area contributed by atoms with Crippen molar-refractivity contribution in [1.29, 1.82) is 0 Å². The summed E-state index contributed by atoms with van der Waals surface area (Å²) in [5.74, 6) is -0.773. The molecule has 3 nitrogen and oxygen atoms in total. The number of thioether (sulfide) groups is 1. The fourth-order valence-electron chi connectivity index (χ4n) is 1.74. The highest BCUT2D eigenvalue weighted by Crippen LogP contribution is 2.29. The Labute approximate surface area is 104 Å². The molecule has 1 aromatic rings. The van der Waals surface area contributed by atoms with E-state index in [0.717, 1.165) is 0 Å². The molecule has 17 heavy (non-hydrogen) atoms. The second kappa shape index (κ2) is 6.02. The Morgan fingerprint density at radius 3 is 2.76 bits per heavy atom. The molecular formula is C12H16FNO2S. The van der Waals surface area contributed by atoms with E-state index in [-0.39, 0.29) is 6.54 Å². The first-order valence-electron chi connectivity index (χ1n) is 5.25. The van der Waals surface area contributed by atoms with E-state index in [4.69, 9.17) is 5.73 Å². The van der Waals surface area contributed by atoms with Crippen LogP contribution in [0.3, 0.4) is 0 Å². The highest BCUT2D eigenvalue weighted by molar-refractivity contribution is 7.98. The number of aliphatic carboxylic acids is 1. The van der Waals surface area contributed by atoms with E-state index in [1.165, 1.54) is 18.2 Å². The summed E-state index contributed by atoms with van der Waals surface area (Å²) < 4.78 is 13.2. The number of carboxylic acids is 1. The maximum absolute atomic E-state index is 13.2. The molecular weight excluding hydrogens is 241 g/mol. The minimum atomic E-state index is -1.19. The molecule has 0 fully saturated rings. The molecule has 0 saturated heterocycles. The van der Waals surface area contributed by atoms with Crippen LogP contribution >= 0.6 is 11.8 Å². The summed E-state index contributed by atoms with van der Waals surface area (Å²) in [7, 11) is 0. The van der Waals surface area contributed by atoms with Crippen LogP contribution < -0.4 is 5.73 Å². The molecule has 0 bridgehead atoms. The van der Waals surface area contributed by atoms with Gasteiger partial charge in [-0.25, -0.2) is 4.39 Å². The monoisotopic (exact) mass is 257 g/mol. The van der Waals surface area contributed by atoms with Gasteiger partial charge in [-0.2, -0.15) is 11.8 Å². The van der Waals surface area contributed by atoms with Crippen LogP contribution in [0.1, 0.15) is 12.0 Å². The number of nitrogens with two attached hydrogens (primary N) is 1. The maximum Gasteiger partial charge on any atom is 0.315 e. The third-order valence-electron chi connectivity index (χ3n) is 2.87. The van der Waals surface area contributed by atoms with Crippen molar-refractivity contribution < 1.29 is 14.3 Å². The topological polar surface area (TPSA) is 63.3 Å². The zero-order valence-corrected chi connectivity index (χ0v) is 10.5. The quantitative estimate of drug-likeness (QED) is 0.816. The molecule has 3 N–H and O–H groups in total. The summed E-state index contributed by atoms with van der Waals surface area (Å²) in [6.45, 7) is -0.0354. The number of halogens is 1. The van der Waals surface area contributed by atoms with E-state index < -0.39 is 17.2 Å². The number of rotatable bonds is 6. The third kappa shape index (κ3) is 2.98. The molecule has 0 aliphatic rings. The van der Waals surface area contributed by atoms with E-state index in [1.54, 1.807) is 17.8 Å². The fraction of sp³-hybridized carbons (Fsp3) is 0.417. The van der Waals surface area contributed by atoms with Gasteiger partial charge in [-0.3, -0.25) is 4.79 Å². The molecule has 0 radical (unpaired) electrons. The molecule has 0 saturated carbocycles. The Hall–Kier alpha value is -1.07. The lowest BCUT2D eigenvalue weighted by Crippen LogP contribution is -2.43. The van der Waals surface area contributed by atoms with Crippen molar-refractivity contribution in [3.63, 3.8) is 0 Å². The molecule has 0 aliphatic carbocycles. The van der Waals surface area contributed by atoms with E-state index in [0.29, 0.717) is 17.7 Å². The first kappa shape index (κ1) is 14.0. The Morgan fingerprint density at radius 2 is 2.29 bits per heavy atom. The molecule has 5 heteroatoms. The lowest BCUT2D eigenvalue weighted by molar-refractivity contribution is -0.143. The zero-order valence-electron chi connectivity index (χ0n) is 9.65. The molecule has 0 spiro atoms. The van der Waals surface area contributed by atoms with Gasteiger partial charge < -0.3 is 10.8 Å². The Morgan fingerprint density at radius 1 is 1.59 bits per heavy atom. The normalized spacial score (nSPS) is 14.3. The zero-order chi connectivity index (χ0) is 12.9. The molecule has 1 rings (SSSR count). The van der Waals surface area contributed by atoms with Crippen LogP contribution in [-0.2, 0) is 10.2 Å². The molecule has 0 amide bonds. The van der Waals surface area contributed by atoms with E-state index in [1.807, 2.05) is 6.26 Å². The van der Waals surface area contributed by atoms with Crippen LogP contribution in [0.15, 0.2) is 24.3 Å². The average molecular weight is 257 g/mol. The molecule has 1 aromatic carbocycles. The number of carboxylic acid groups (broad SMARTS) is 1. The van der Waals surface area contributed by atoms with Crippen LogP contribution in [0.4, 0.5) is 4.39 Å². The maximum atomic E-state index is 13.2. The van der Waals surface area contributed by atoms with Crippen molar-refractivity contribution >= 4 is 17.7 Å². The predicted octanol–water partition coefficient (Wildman–Crippen LogP) is 1.86. The third-order valence-corrected chi connectivity index (χ3v) is 3.48. The SMILES string of the molecule is CSCCC(CN)(C(=O)O)c1cccc(F)c1. The first-order chi connectivity index (χ1) is 8.06. The van der Waals surface area contributed by atoms with Crippen molar-refractivity contribution in [3.05, 3.63) is 35.6 Å². The Bertz CT molecular complexity index is 400. The van der Waals surface area contributed by atoms with E-state index in [9.17, 15) is 14.3 Å². The predicted molar refractivity (Wildman–Crippen MR) is 67.8 cm³/mol. The van der Waals surface area contributed by atoms with Crippen molar-refractivity contribution in [1.82, 2.24) is 0 Å². The highest BCUT2D eigenvalue weighted by atomic mass is 32.2. The molecule has 94 valence electrons. The van der Waals surface area contributed by atoms with Gasteiger partial charge in [0.15, 0.2) is 0 Å². The number of hydrogen-bond donors (Lipinski definition) is 2. The summed E-state index contributed by atoms with van der Waals surface area (Å²) in [5.41, 5.74) is 4.86. The van der Waals surface area contributed by atoms with Crippen LogP contribution in [0, 0.1) is 5.82 Å². The van der Waals surface area contributed by atoms with Gasteiger partial charge in [0.1, 0.15) is 11.2 Å². The molecule has 1 atom stereocenters. The lowest BCUT2D eigenvalue weighted by atomic mass is 9.78. The lowest BCUT2D eigenvalue weighted by Gasteiger charge is -2.28. The highest BCUT2D eigenvalue weighted by Gasteiger charge is 2.38. The minimum Gasteiger partial charge on any atom is -0.481 e. The summed E-state index contributed by atoms with van der Waals surface area (Å²) in [6, 6.07) is 5.67. The smallest absolute Gasteiger partial charge is 0.315 e. The standard InChI is InChI=1S/C12H16FNO2S/c1-17-6-5-12(8-14,11(15)16)9-3-2-4-10(13)7-9/h2-4,7H,5-6,8,14H2,1H3,(H,15,16). The molecule has 1 unspecified atom stereocenters. The van der Waals surface area contributed by atoms with Gasteiger partial charge in [-0.1, -0.05) is 12.1 Å². The van der Waals surface area contributed by atoms with Crippen LogP contribution in [0.25, 0.3) is 0 Å². The number of benzene rings is 1. The van der Waals surface area contributed by atoms with Crippen molar-refractivity contribution in [2.45, 2.75) is 11.8 Å². The van der Waals surface area contributed by atoms with Gasteiger partial charge in [-0.05, 0) is 36.1 Å². The second-order valence-electron chi connectivity index (χ2n) is 3.84. The van der Waals surface area contributed by atoms with Crippen molar-refractivity contribution in [2.75, 3.05) is 18.6 Å². The minimum absolute atomic E-state index is 0.0354. The van der Waals surface area contributed by atoms with Crippen LogP contribution in [0.5, 0.6) is 0 Å². The van der Waals surface area contributed by atoms with Gasteiger partial charge in [0.25, 0.3) is 0 Å². The molecule has 0 heterocycles. The summed E-state index contributed by atoms with van der Waals surface area (Å²) in [4.78, 5) is 11.5. The molecule has 0 aromatic heterocycles. The largest absolute Gasteiger partial charge is 0.481 e.